The molecule has 3 heteroatoms. The molecule has 0 spiro atoms. The van der Waals surface area contributed by atoms with Crippen LogP contribution in [0, 0.1) is 0 Å². The van der Waals surface area contributed by atoms with Gasteiger partial charge >= 0.3 is 0 Å². The molecule has 1 aliphatic rings. The third-order valence-corrected chi connectivity index (χ3v) is 2.80. The minimum atomic E-state index is 0.549. The average Bonchev–Trinajstić information content (AvgIpc) is 2.31. The van der Waals surface area contributed by atoms with Crippen molar-refractivity contribution in [1.82, 2.24) is 4.98 Å². The van der Waals surface area contributed by atoms with Crippen LogP contribution >= 0.6 is 0 Å². The summed E-state index contributed by atoms with van der Waals surface area (Å²) in [4.78, 5) is 4.23. The van der Waals surface area contributed by atoms with Gasteiger partial charge in [0, 0.05) is 31.6 Å². The summed E-state index contributed by atoms with van der Waals surface area (Å²) in [5.74, 6) is 0. The molecule has 0 saturated carbocycles. The fourth-order valence-electron chi connectivity index (χ4n) is 1.84. The summed E-state index contributed by atoms with van der Waals surface area (Å²) < 4.78 is 5.33. The highest BCUT2D eigenvalue weighted by molar-refractivity contribution is 5.43. The van der Waals surface area contributed by atoms with E-state index >= 15 is 0 Å². The number of rotatable bonds is 3. The van der Waals surface area contributed by atoms with Gasteiger partial charge in [-0.15, -0.1) is 0 Å². The maximum absolute atomic E-state index is 5.33. The van der Waals surface area contributed by atoms with Crippen molar-refractivity contribution in [3.8, 4) is 0 Å². The van der Waals surface area contributed by atoms with E-state index in [0.717, 1.165) is 38.2 Å². The van der Waals surface area contributed by atoms with Gasteiger partial charge in [0.25, 0.3) is 0 Å². The van der Waals surface area contributed by atoms with E-state index in [0.29, 0.717) is 6.04 Å². The second-order valence-electron chi connectivity index (χ2n) is 3.97. The molecule has 15 heavy (non-hydrogen) atoms. The van der Waals surface area contributed by atoms with E-state index < -0.39 is 0 Å². The first-order valence-electron chi connectivity index (χ1n) is 5.66. The number of nitrogens with zero attached hydrogens (tertiary/aromatic N) is 1. The number of ether oxygens (including phenoxy) is 1. The molecule has 1 aliphatic heterocycles. The van der Waals surface area contributed by atoms with Crippen molar-refractivity contribution in [2.24, 2.45) is 0 Å². The summed E-state index contributed by atoms with van der Waals surface area (Å²) in [6, 6.07) is 2.73. The Morgan fingerprint density at radius 1 is 1.40 bits per heavy atom. The second kappa shape index (κ2) is 5.12. The van der Waals surface area contributed by atoms with Crippen LogP contribution in [0.1, 0.15) is 25.3 Å². The van der Waals surface area contributed by atoms with Crippen molar-refractivity contribution in [3.63, 3.8) is 0 Å². The van der Waals surface area contributed by atoms with Crippen LogP contribution in [-0.2, 0) is 11.2 Å². The van der Waals surface area contributed by atoms with Crippen molar-refractivity contribution < 1.29 is 4.74 Å². The quantitative estimate of drug-likeness (QED) is 0.823. The molecule has 2 rings (SSSR count). The van der Waals surface area contributed by atoms with Gasteiger partial charge in [0.05, 0.1) is 5.69 Å². The minimum absolute atomic E-state index is 0.549. The Kier molecular flexibility index (Phi) is 3.56. The van der Waals surface area contributed by atoms with Gasteiger partial charge in [0.1, 0.15) is 0 Å². The first-order valence-corrected chi connectivity index (χ1v) is 5.66. The molecule has 1 aromatic heterocycles. The van der Waals surface area contributed by atoms with Crippen LogP contribution in [0.5, 0.6) is 0 Å². The molecular formula is C12H18N2O. The van der Waals surface area contributed by atoms with Crippen LogP contribution in [0.2, 0.25) is 0 Å². The fourth-order valence-corrected chi connectivity index (χ4v) is 1.84. The number of hydrogen-bond acceptors (Lipinski definition) is 3. The molecule has 1 aromatic rings. The van der Waals surface area contributed by atoms with Crippen LogP contribution in [0.3, 0.4) is 0 Å². The maximum Gasteiger partial charge on any atom is 0.0531 e. The molecule has 2 heterocycles. The van der Waals surface area contributed by atoms with Gasteiger partial charge in [0.15, 0.2) is 0 Å². The highest BCUT2D eigenvalue weighted by atomic mass is 16.5. The number of pyridine rings is 1. The Hall–Kier alpha value is -1.09. The summed E-state index contributed by atoms with van der Waals surface area (Å²) in [6.45, 7) is 3.90. The van der Waals surface area contributed by atoms with Crippen molar-refractivity contribution >= 4 is 5.69 Å². The zero-order valence-electron chi connectivity index (χ0n) is 9.20. The highest BCUT2D eigenvalue weighted by Gasteiger charge is 2.13. The molecular weight excluding hydrogens is 188 g/mol. The maximum atomic E-state index is 5.33. The lowest BCUT2D eigenvalue weighted by atomic mass is 10.1. The van der Waals surface area contributed by atoms with Crippen molar-refractivity contribution in [2.75, 3.05) is 18.5 Å². The van der Waals surface area contributed by atoms with Gasteiger partial charge in [-0.05, 0) is 30.9 Å². The van der Waals surface area contributed by atoms with Crippen molar-refractivity contribution in [2.45, 2.75) is 32.2 Å². The molecule has 1 N–H and O–H groups in total. The van der Waals surface area contributed by atoms with Crippen LogP contribution in [-0.4, -0.2) is 24.2 Å². The molecule has 1 fully saturated rings. The molecule has 0 aromatic carbocycles. The van der Waals surface area contributed by atoms with Crippen molar-refractivity contribution in [3.05, 3.63) is 24.0 Å². The summed E-state index contributed by atoms with van der Waals surface area (Å²) in [5.41, 5.74) is 2.42. The zero-order valence-corrected chi connectivity index (χ0v) is 9.20. The standard InChI is InChI=1S/C12H18N2O/c1-2-10-7-12(9-13-8-10)14-11-3-5-15-6-4-11/h7-9,11,14H,2-6H2,1H3. The van der Waals surface area contributed by atoms with Gasteiger partial charge in [0.2, 0.25) is 0 Å². The Bertz CT molecular complexity index is 308. The smallest absolute Gasteiger partial charge is 0.0531 e. The lowest BCUT2D eigenvalue weighted by molar-refractivity contribution is 0.0904. The van der Waals surface area contributed by atoms with E-state index in [1.165, 1.54) is 5.56 Å². The molecule has 0 amide bonds. The molecule has 0 radical (unpaired) electrons. The number of nitrogens with one attached hydrogen (secondary N) is 1. The predicted octanol–water partition coefficient (Wildman–Crippen LogP) is 2.23. The number of aryl methyl sites for hydroxylation is 1. The fraction of sp³-hybridized carbons (Fsp3) is 0.583. The van der Waals surface area contributed by atoms with E-state index in [1.807, 2.05) is 12.4 Å². The zero-order chi connectivity index (χ0) is 10.5. The van der Waals surface area contributed by atoms with Gasteiger partial charge in [-0.25, -0.2) is 0 Å². The number of aromatic nitrogens is 1. The predicted molar refractivity (Wildman–Crippen MR) is 61.1 cm³/mol. The average molecular weight is 206 g/mol. The molecule has 1 saturated heterocycles. The monoisotopic (exact) mass is 206 g/mol. The topological polar surface area (TPSA) is 34.2 Å². The minimum Gasteiger partial charge on any atom is -0.381 e. The third-order valence-electron chi connectivity index (χ3n) is 2.80. The lowest BCUT2D eigenvalue weighted by Gasteiger charge is -2.24. The van der Waals surface area contributed by atoms with E-state index in [2.05, 4.69) is 23.3 Å². The van der Waals surface area contributed by atoms with Crippen LogP contribution in [0.15, 0.2) is 18.5 Å². The highest BCUT2D eigenvalue weighted by Crippen LogP contribution is 2.15. The molecule has 0 atom stereocenters. The molecule has 82 valence electrons. The van der Waals surface area contributed by atoms with E-state index in [1.54, 1.807) is 0 Å². The SMILES string of the molecule is CCc1cncc(NC2CCOCC2)c1. The Labute approximate surface area is 90.9 Å². The lowest BCUT2D eigenvalue weighted by Crippen LogP contribution is -2.27. The Morgan fingerprint density at radius 3 is 2.93 bits per heavy atom. The summed E-state index contributed by atoms with van der Waals surface area (Å²) >= 11 is 0. The number of anilines is 1. The van der Waals surface area contributed by atoms with Crippen LogP contribution in [0.4, 0.5) is 5.69 Å². The van der Waals surface area contributed by atoms with E-state index in [-0.39, 0.29) is 0 Å². The summed E-state index contributed by atoms with van der Waals surface area (Å²) in [5, 5.41) is 3.51. The van der Waals surface area contributed by atoms with E-state index in [9.17, 15) is 0 Å². The summed E-state index contributed by atoms with van der Waals surface area (Å²) in [7, 11) is 0. The molecule has 0 unspecified atom stereocenters. The van der Waals surface area contributed by atoms with Gasteiger partial charge in [-0.1, -0.05) is 6.92 Å². The third kappa shape index (κ3) is 2.93. The second-order valence-corrected chi connectivity index (χ2v) is 3.97. The Morgan fingerprint density at radius 2 is 2.20 bits per heavy atom. The molecule has 0 aliphatic carbocycles. The van der Waals surface area contributed by atoms with Gasteiger partial charge in [-0.3, -0.25) is 4.98 Å². The van der Waals surface area contributed by atoms with Crippen molar-refractivity contribution in [1.29, 1.82) is 0 Å². The molecule has 3 nitrogen and oxygen atoms in total. The molecule has 0 bridgehead atoms. The number of hydrogen-bond donors (Lipinski definition) is 1. The Balaban J connectivity index is 1.96. The largest absolute Gasteiger partial charge is 0.381 e. The summed E-state index contributed by atoms with van der Waals surface area (Å²) in [6.07, 6.45) is 7.05. The van der Waals surface area contributed by atoms with E-state index in [4.69, 9.17) is 4.74 Å². The van der Waals surface area contributed by atoms with Gasteiger partial charge < -0.3 is 10.1 Å². The first kappa shape index (κ1) is 10.4. The first-order chi connectivity index (χ1) is 7.38. The van der Waals surface area contributed by atoms with Crippen LogP contribution < -0.4 is 5.32 Å². The van der Waals surface area contributed by atoms with Crippen LogP contribution in [0.25, 0.3) is 0 Å². The normalized spacial score (nSPS) is 17.7. The van der Waals surface area contributed by atoms with Gasteiger partial charge in [-0.2, -0.15) is 0 Å².